The largest absolute Gasteiger partial charge is 0.472 e. The zero-order chi connectivity index (χ0) is 20.2. The van der Waals surface area contributed by atoms with Gasteiger partial charge in [0.25, 0.3) is 5.91 Å². The third kappa shape index (κ3) is 4.48. The Morgan fingerprint density at radius 2 is 1.93 bits per heavy atom. The average Bonchev–Trinajstić information content (AvgIpc) is 3.48. The second kappa shape index (κ2) is 9.00. The van der Waals surface area contributed by atoms with Gasteiger partial charge in [-0.2, -0.15) is 0 Å². The van der Waals surface area contributed by atoms with E-state index in [2.05, 4.69) is 10.2 Å². The summed E-state index contributed by atoms with van der Waals surface area (Å²) in [6.07, 6.45) is 5.56. The molecule has 2 saturated heterocycles. The molecule has 1 aromatic heterocycles. The fourth-order valence-corrected chi connectivity index (χ4v) is 5.24. The Labute approximate surface area is 173 Å². The molecule has 0 spiro atoms. The molecular weight excluding hydrogens is 393 g/mol. The first-order valence-electron chi connectivity index (χ1n) is 9.85. The zero-order valence-electron chi connectivity index (χ0n) is 16.1. The molecule has 0 bridgehead atoms. The van der Waals surface area contributed by atoms with Crippen LogP contribution in [0.4, 0.5) is 4.39 Å². The molecule has 2 amide bonds. The number of carbonyl (C=O) groups excluding carboxylic acids is 2. The summed E-state index contributed by atoms with van der Waals surface area (Å²) in [4.78, 5) is 30.1. The molecule has 6 nitrogen and oxygen atoms in total. The molecule has 154 valence electrons. The summed E-state index contributed by atoms with van der Waals surface area (Å²) in [6.45, 7) is 3.54. The van der Waals surface area contributed by atoms with E-state index in [-0.39, 0.29) is 17.2 Å². The molecule has 29 heavy (non-hydrogen) atoms. The summed E-state index contributed by atoms with van der Waals surface area (Å²) >= 11 is 1.53. The van der Waals surface area contributed by atoms with E-state index in [1.165, 1.54) is 48.9 Å². The number of hydrogen-bond acceptors (Lipinski definition) is 5. The van der Waals surface area contributed by atoms with E-state index in [9.17, 15) is 14.0 Å². The Balaban J connectivity index is 1.49. The van der Waals surface area contributed by atoms with E-state index < -0.39 is 11.9 Å². The van der Waals surface area contributed by atoms with Crippen LogP contribution in [0.15, 0.2) is 47.3 Å². The van der Waals surface area contributed by atoms with Crippen LogP contribution in [0.5, 0.6) is 0 Å². The molecule has 2 fully saturated rings. The van der Waals surface area contributed by atoms with Gasteiger partial charge in [0, 0.05) is 30.0 Å². The van der Waals surface area contributed by atoms with Crippen LogP contribution in [0.25, 0.3) is 0 Å². The van der Waals surface area contributed by atoms with Gasteiger partial charge >= 0.3 is 0 Å². The second-order valence-corrected chi connectivity index (χ2v) is 8.43. The highest BCUT2D eigenvalue weighted by Crippen LogP contribution is 2.42. The molecule has 8 heteroatoms. The maximum Gasteiger partial charge on any atom is 0.255 e. The quantitative estimate of drug-likeness (QED) is 0.783. The van der Waals surface area contributed by atoms with E-state index in [0.29, 0.717) is 17.9 Å². The number of halogens is 1. The van der Waals surface area contributed by atoms with E-state index in [1.807, 2.05) is 0 Å². The summed E-state index contributed by atoms with van der Waals surface area (Å²) in [6, 6.07) is 6.64. The van der Waals surface area contributed by atoms with Crippen molar-refractivity contribution in [2.45, 2.75) is 24.3 Å². The van der Waals surface area contributed by atoms with Crippen LogP contribution in [0.3, 0.4) is 0 Å². The van der Waals surface area contributed by atoms with Crippen molar-refractivity contribution >= 4 is 23.6 Å². The molecule has 2 aromatic rings. The van der Waals surface area contributed by atoms with Crippen molar-refractivity contribution in [3.63, 3.8) is 0 Å². The van der Waals surface area contributed by atoms with Crippen LogP contribution in [0.2, 0.25) is 0 Å². The van der Waals surface area contributed by atoms with Crippen LogP contribution < -0.4 is 5.32 Å². The number of benzene rings is 1. The van der Waals surface area contributed by atoms with Crippen molar-refractivity contribution in [3.05, 3.63) is 59.8 Å². The highest BCUT2D eigenvalue weighted by Gasteiger charge is 2.42. The molecule has 3 heterocycles. The molecule has 2 atom stereocenters. The number of likely N-dealkylation sites (tertiary alicyclic amines) is 1. The first-order valence-corrected chi connectivity index (χ1v) is 10.9. The minimum Gasteiger partial charge on any atom is -0.472 e. The number of rotatable bonds is 6. The van der Waals surface area contributed by atoms with Gasteiger partial charge in [-0.1, -0.05) is 0 Å². The van der Waals surface area contributed by atoms with Gasteiger partial charge in [0.15, 0.2) is 0 Å². The molecule has 2 aliphatic rings. The Morgan fingerprint density at radius 1 is 1.17 bits per heavy atom. The summed E-state index contributed by atoms with van der Waals surface area (Å²) < 4.78 is 18.5. The van der Waals surface area contributed by atoms with Crippen molar-refractivity contribution in [3.8, 4) is 0 Å². The lowest BCUT2D eigenvalue weighted by Gasteiger charge is -2.28. The Bertz CT molecular complexity index is 837. The first kappa shape index (κ1) is 20.0. The van der Waals surface area contributed by atoms with E-state index in [1.54, 1.807) is 23.5 Å². The van der Waals surface area contributed by atoms with Crippen molar-refractivity contribution in [1.29, 1.82) is 0 Å². The Kier molecular flexibility index (Phi) is 6.20. The molecule has 1 N–H and O–H groups in total. The van der Waals surface area contributed by atoms with Gasteiger partial charge < -0.3 is 19.5 Å². The predicted molar refractivity (Wildman–Crippen MR) is 109 cm³/mol. The maximum atomic E-state index is 13.3. The Morgan fingerprint density at radius 3 is 2.62 bits per heavy atom. The fraction of sp³-hybridized carbons (Fsp3) is 0.429. The highest BCUT2D eigenvalue weighted by atomic mass is 32.2. The number of nitrogens with one attached hydrogen (secondary N) is 1. The van der Waals surface area contributed by atoms with E-state index in [0.717, 1.165) is 25.2 Å². The minimum atomic E-state index is -0.587. The average molecular weight is 418 g/mol. The van der Waals surface area contributed by atoms with E-state index >= 15 is 0 Å². The third-order valence-corrected chi connectivity index (χ3v) is 6.71. The summed E-state index contributed by atoms with van der Waals surface area (Å²) in [5.74, 6) is -0.350. The number of carbonyl (C=O) groups is 2. The van der Waals surface area contributed by atoms with Crippen LogP contribution in [-0.2, 0) is 4.79 Å². The fourth-order valence-electron chi connectivity index (χ4n) is 3.83. The summed E-state index contributed by atoms with van der Waals surface area (Å²) in [5, 5.41) is 2.67. The minimum absolute atomic E-state index is 0.154. The monoisotopic (exact) mass is 417 g/mol. The summed E-state index contributed by atoms with van der Waals surface area (Å²) in [5.41, 5.74) is 1.19. The normalized spacial score (nSPS) is 22.2. The van der Waals surface area contributed by atoms with Crippen LogP contribution in [-0.4, -0.2) is 59.6 Å². The molecular formula is C21H24FN3O3S. The van der Waals surface area contributed by atoms with Crippen molar-refractivity contribution in [1.82, 2.24) is 15.1 Å². The lowest BCUT2D eigenvalue weighted by molar-refractivity contribution is -0.124. The zero-order valence-corrected chi connectivity index (χ0v) is 16.9. The second-order valence-electron chi connectivity index (χ2n) is 7.32. The molecule has 2 aliphatic heterocycles. The number of thioether (sulfide) groups is 1. The lowest BCUT2D eigenvalue weighted by Crippen LogP contribution is -2.49. The van der Waals surface area contributed by atoms with Crippen LogP contribution in [0.1, 0.15) is 34.1 Å². The van der Waals surface area contributed by atoms with E-state index in [4.69, 9.17) is 4.42 Å². The third-order valence-electron chi connectivity index (χ3n) is 5.38. The van der Waals surface area contributed by atoms with Gasteiger partial charge in [-0.3, -0.25) is 9.59 Å². The van der Waals surface area contributed by atoms with Crippen LogP contribution >= 0.6 is 11.8 Å². The Hall–Kier alpha value is -2.32. The standard InChI is InChI=1S/C21H24FN3O3S/c22-17-5-3-15(4-6-17)20(27)25-18(14-29-21(25)16-7-12-28-13-16)19(26)23-8-11-24-9-1-2-10-24/h3-7,12-13,18,21H,1-2,8-11,14H2,(H,23,26). The maximum absolute atomic E-state index is 13.3. The number of hydrogen-bond donors (Lipinski definition) is 1. The number of amides is 2. The molecule has 1 aromatic carbocycles. The van der Waals surface area contributed by atoms with Gasteiger partial charge in [0.05, 0.1) is 12.5 Å². The molecule has 0 aliphatic carbocycles. The van der Waals surface area contributed by atoms with Crippen LogP contribution in [0, 0.1) is 5.82 Å². The highest BCUT2D eigenvalue weighted by molar-refractivity contribution is 7.99. The number of nitrogens with zero attached hydrogens (tertiary/aromatic N) is 2. The first-order chi connectivity index (χ1) is 14.1. The van der Waals surface area contributed by atoms with Crippen molar-refractivity contribution in [2.75, 3.05) is 31.9 Å². The van der Waals surface area contributed by atoms with Crippen molar-refractivity contribution < 1.29 is 18.4 Å². The molecule has 0 saturated carbocycles. The molecule has 0 radical (unpaired) electrons. The topological polar surface area (TPSA) is 65.8 Å². The predicted octanol–water partition coefficient (Wildman–Crippen LogP) is 2.89. The summed E-state index contributed by atoms with van der Waals surface area (Å²) in [7, 11) is 0. The van der Waals surface area contributed by atoms with Gasteiger partial charge in [-0.25, -0.2) is 4.39 Å². The number of furan rings is 1. The molecule has 2 unspecified atom stereocenters. The van der Waals surface area contributed by atoms with Gasteiger partial charge in [-0.15, -0.1) is 11.8 Å². The van der Waals surface area contributed by atoms with Gasteiger partial charge in [-0.05, 0) is 56.3 Å². The SMILES string of the molecule is O=C(NCCN1CCCC1)C1CSC(c2ccoc2)N1C(=O)c1ccc(F)cc1. The van der Waals surface area contributed by atoms with Gasteiger partial charge in [0.2, 0.25) is 5.91 Å². The smallest absolute Gasteiger partial charge is 0.255 e. The molecule has 4 rings (SSSR count). The van der Waals surface area contributed by atoms with Gasteiger partial charge in [0.1, 0.15) is 17.2 Å². The van der Waals surface area contributed by atoms with Crippen molar-refractivity contribution in [2.24, 2.45) is 0 Å². The lowest BCUT2D eigenvalue weighted by atomic mass is 10.1.